The van der Waals surface area contributed by atoms with E-state index in [-0.39, 0.29) is 11.8 Å². The van der Waals surface area contributed by atoms with Crippen molar-refractivity contribution in [2.24, 2.45) is 0 Å². The van der Waals surface area contributed by atoms with E-state index >= 15 is 0 Å². The highest BCUT2D eigenvalue weighted by atomic mass is 16.1. The number of hydrogen-bond acceptors (Lipinski definition) is 2. The summed E-state index contributed by atoms with van der Waals surface area (Å²) in [5.41, 5.74) is 0. The van der Waals surface area contributed by atoms with E-state index in [0.29, 0.717) is 12.8 Å². The minimum Gasteiger partial charge on any atom is -0.300 e. The second-order valence-electron chi connectivity index (χ2n) is 3.14. The van der Waals surface area contributed by atoms with Crippen LogP contribution in [-0.2, 0) is 4.79 Å². The number of carbonyl (C=O) groups is 1. The van der Waals surface area contributed by atoms with Gasteiger partial charge in [-0.1, -0.05) is 12.8 Å². The number of terminal acetylenes is 1. The summed E-state index contributed by atoms with van der Waals surface area (Å²) in [7, 11) is 3.79. The predicted octanol–water partition coefficient (Wildman–Crippen LogP) is 1.31. The van der Waals surface area contributed by atoms with E-state index < -0.39 is 0 Å². The Morgan fingerprint density at radius 2 is 2.17 bits per heavy atom. The van der Waals surface area contributed by atoms with E-state index in [0.717, 1.165) is 6.42 Å². The van der Waals surface area contributed by atoms with Gasteiger partial charge in [0, 0.05) is 12.8 Å². The summed E-state index contributed by atoms with van der Waals surface area (Å²) in [5.74, 6) is 2.85. The van der Waals surface area contributed by atoms with Crippen molar-refractivity contribution in [3.05, 3.63) is 0 Å². The van der Waals surface area contributed by atoms with Gasteiger partial charge in [0.1, 0.15) is 5.78 Å². The third kappa shape index (κ3) is 4.15. The summed E-state index contributed by atoms with van der Waals surface area (Å²) in [6, 6.07) is -0.0379. The van der Waals surface area contributed by atoms with Crippen LogP contribution in [0.5, 0.6) is 0 Å². The normalized spacial score (nSPS) is 12.6. The van der Waals surface area contributed by atoms with Gasteiger partial charge in [-0.15, -0.1) is 6.42 Å². The molecule has 0 amide bonds. The van der Waals surface area contributed by atoms with Crippen LogP contribution >= 0.6 is 0 Å². The first-order chi connectivity index (χ1) is 5.61. The summed E-state index contributed by atoms with van der Waals surface area (Å²) < 4.78 is 0. The molecule has 68 valence electrons. The Kier molecular flexibility index (Phi) is 5.40. The second kappa shape index (κ2) is 5.79. The summed E-state index contributed by atoms with van der Waals surface area (Å²) >= 11 is 0. The Bertz CT molecular complexity index is 179. The fourth-order valence-electron chi connectivity index (χ4n) is 0.987. The van der Waals surface area contributed by atoms with Gasteiger partial charge in [0.05, 0.1) is 6.04 Å². The molecule has 0 spiro atoms. The van der Waals surface area contributed by atoms with Gasteiger partial charge in [-0.2, -0.15) is 0 Å². The third-order valence-electron chi connectivity index (χ3n) is 1.77. The molecule has 1 atom stereocenters. The van der Waals surface area contributed by atoms with Crippen LogP contribution in [0.4, 0.5) is 0 Å². The SMILES string of the molecule is C#CC(CC(=O)CCC)N(C)C. The molecule has 0 aromatic heterocycles. The number of ketones is 1. The van der Waals surface area contributed by atoms with Gasteiger partial charge in [0.2, 0.25) is 0 Å². The van der Waals surface area contributed by atoms with Crippen LogP contribution in [0.1, 0.15) is 26.2 Å². The average molecular weight is 167 g/mol. The molecule has 0 heterocycles. The molecule has 0 aromatic carbocycles. The highest BCUT2D eigenvalue weighted by molar-refractivity contribution is 5.79. The van der Waals surface area contributed by atoms with E-state index in [9.17, 15) is 4.79 Å². The minimum absolute atomic E-state index is 0.0379. The van der Waals surface area contributed by atoms with Crippen molar-refractivity contribution in [3.63, 3.8) is 0 Å². The quantitative estimate of drug-likeness (QED) is 0.575. The van der Waals surface area contributed by atoms with Gasteiger partial charge < -0.3 is 0 Å². The molecule has 12 heavy (non-hydrogen) atoms. The molecule has 1 unspecified atom stereocenters. The minimum atomic E-state index is -0.0379. The zero-order valence-corrected chi connectivity index (χ0v) is 8.13. The lowest BCUT2D eigenvalue weighted by Crippen LogP contribution is -2.28. The third-order valence-corrected chi connectivity index (χ3v) is 1.77. The van der Waals surface area contributed by atoms with Gasteiger partial charge in [0.25, 0.3) is 0 Å². The van der Waals surface area contributed by atoms with Crippen LogP contribution in [0, 0.1) is 12.3 Å². The average Bonchev–Trinajstić information content (AvgIpc) is 2.00. The smallest absolute Gasteiger partial charge is 0.135 e. The lowest BCUT2D eigenvalue weighted by molar-refractivity contribution is -0.119. The molecule has 0 aromatic rings. The first-order valence-electron chi connectivity index (χ1n) is 4.26. The van der Waals surface area contributed by atoms with Gasteiger partial charge >= 0.3 is 0 Å². The Morgan fingerprint density at radius 1 is 1.58 bits per heavy atom. The van der Waals surface area contributed by atoms with Crippen molar-refractivity contribution in [2.75, 3.05) is 14.1 Å². The molecule has 0 aliphatic carbocycles. The fourth-order valence-corrected chi connectivity index (χ4v) is 0.987. The van der Waals surface area contributed by atoms with Crippen molar-refractivity contribution in [3.8, 4) is 12.3 Å². The second-order valence-corrected chi connectivity index (χ2v) is 3.14. The van der Waals surface area contributed by atoms with E-state index in [4.69, 9.17) is 6.42 Å². The molecule has 2 heteroatoms. The van der Waals surface area contributed by atoms with Crippen LogP contribution in [0.15, 0.2) is 0 Å². The number of hydrogen-bond donors (Lipinski definition) is 0. The first kappa shape index (κ1) is 11.2. The van der Waals surface area contributed by atoms with Crippen molar-refractivity contribution in [1.29, 1.82) is 0 Å². The molecule has 0 fully saturated rings. The lowest BCUT2D eigenvalue weighted by atomic mass is 10.1. The van der Waals surface area contributed by atoms with Crippen molar-refractivity contribution in [2.45, 2.75) is 32.2 Å². The predicted molar refractivity (Wildman–Crippen MR) is 50.8 cm³/mol. The molecule has 0 aliphatic heterocycles. The van der Waals surface area contributed by atoms with Gasteiger partial charge in [-0.25, -0.2) is 0 Å². The van der Waals surface area contributed by atoms with Crippen LogP contribution in [0.25, 0.3) is 0 Å². The van der Waals surface area contributed by atoms with Crippen molar-refractivity contribution in [1.82, 2.24) is 4.90 Å². The fraction of sp³-hybridized carbons (Fsp3) is 0.700. The van der Waals surface area contributed by atoms with E-state index in [1.165, 1.54) is 0 Å². The molecular formula is C10H17NO. The van der Waals surface area contributed by atoms with E-state index in [1.807, 2.05) is 25.9 Å². The highest BCUT2D eigenvalue weighted by Gasteiger charge is 2.11. The molecule has 0 bridgehead atoms. The molecular weight excluding hydrogens is 150 g/mol. The Balaban J connectivity index is 3.88. The molecule has 2 nitrogen and oxygen atoms in total. The van der Waals surface area contributed by atoms with Crippen molar-refractivity contribution < 1.29 is 4.79 Å². The Morgan fingerprint density at radius 3 is 2.50 bits per heavy atom. The van der Waals surface area contributed by atoms with Crippen LogP contribution in [0.2, 0.25) is 0 Å². The van der Waals surface area contributed by atoms with E-state index in [1.54, 1.807) is 0 Å². The summed E-state index contributed by atoms with van der Waals surface area (Å²) in [6.07, 6.45) is 7.31. The first-order valence-corrected chi connectivity index (χ1v) is 4.26. The Hall–Kier alpha value is -0.810. The molecule has 0 N–H and O–H groups in total. The van der Waals surface area contributed by atoms with Gasteiger partial charge in [-0.3, -0.25) is 9.69 Å². The maximum Gasteiger partial charge on any atom is 0.135 e. The van der Waals surface area contributed by atoms with E-state index in [2.05, 4.69) is 5.92 Å². The lowest BCUT2D eigenvalue weighted by Gasteiger charge is -2.17. The number of carbonyl (C=O) groups excluding carboxylic acids is 1. The standard InChI is InChI=1S/C10H17NO/c1-5-7-10(12)8-9(6-2)11(3)4/h2,9H,5,7-8H2,1,3-4H3. The molecule has 0 aliphatic rings. The monoisotopic (exact) mass is 167 g/mol. The number of rotatable bonds is 5. The van der Waals surface area contributed by atoms with Crippen LogP contribution < -0.4 is 0 Å². The largest absolute Gasteiger partial charge is 0.300 e. The highest BCUT2D eigenvalue weighted by Crippen LogP contribution is 2.02. The topological polar surface area (TPSA) is 20.3 Å². The molecule has 0 rings (SSSR count). The van der Waals surface area contributed by atoms with Gasteiger partial charge in [0.15, 0.2) is 0 Å². The van der Waals surface area contributed by atoms with Gasteiger partial charge in [-0.05, 0) is 20.5 Å². The zero-order chi connectivity index (χ0) is 9.56. The van der Waals surface area contributed by atoms with Crippen molar-refractivity contribution >= 4 is 5.78 Å². The molecule has 0 radical (unpaired) electrons. The molecule has 0 saturated heterocycles. The number of Topliss-reactive ketones (excluding diaryl/α,β-unsaturated/α-hetero) is 1. The Labute approximate surface area is 74.9 Å². The number of nitrogens with zero attached hydrogens (tertiary/aromatic N) is 1. The summed E-state index contributed by atoms with van der Waals surface area (Å²) in [5, 5.41) is 0. The van der Waals surface area contributed by atoms with Crippen LogP contribution in [-0.4, -0.2) is 30.8 Å². The summed E-state index contributed by atoms with van der Waals surface area (Å²) in [4.78, 5) is 13.1. The summed E-state index contributed by atoms with van der Waals surface area (Å²) in [6.45, 7) is 2.00. The maximum absolute atomic E-state index is 11.2. The maximum atomic E-state index is 11.2. The van der Waals surface area contributed by atoms with Crippen LogP contribution in [0.3, 0.4) is 0 Å². The zero-order valence-electron chi connectivity index (χ0n) is 8.13. The molecule has 0 saturated carbocycles.